The van der Waals surface area contributed by atoms with Crippen molar-refractivity contribution in [3.05, 3.63) is 58.7 Å². The number of pyridine rings is 2. The SMILES string of the molecule is CCc1cc(C(=O)Nc2c(-c3ncccc3F)ccnc2C2CCC(F)(F)CC2)sn1. The molecule has 0 bridgehead atoms. The molecule has 5 nitrogen and oxygen atoms in total. The number of alkyl halides is 2. The summed E-state index contributed by atoms with van der Waals surface area (Å²) in [5.74, 6) is -3.90. The second-order valence-electron chi connectivity index (χ2n) is 7.57. The molecule has 0 atom stereocenters. The zero-order chi connectivity index (χ0) is 22.0. The van der Waals surface area contributed by atoms with Crippen molar-refractivity contribution in [3.63, 3.8) is 0 Å². The van der Waals surface area contributed by atoms with E-state index in [-0.39, 0.29) is 37.3 Å². The number of aromatic nitrogens is 3. The van der Waals surface area contributed by atoms with E-state index in [9.17, 15) is 18.0 Å². The Balaban J connectivity index is 1.75. The molecule has 1 fully saturated rings. The van der Waals surface area contributed by atoms with E-state index >= 15 is 0 Å². The second kappa shape index (κ2) is 8.74. The summed E-state index contributed by atoms with van der Waals surface area (Å²) in [6.45, 7) is 1.94. The summed E-state index contributed by atoms with van der Waals surface area (Å²) < 4.78 is 46.2. The van der Waals surface area contributed by atoms with Crippen LogP contribution in [0.2, 0.25) is 0 Å². The number of carbonyl (C=O) groups is 1. The van der Waals surface area contributed by atoms with Crippen LogP contribution >= 0.6 is 11.5 Å². The Morgan fingerprint density at radius 1 is 1.23 bits per heavy atom. The Bertz CT molecular complexity index is 1090. The molecule has 1 aliphatic rings. The minimum absolute atomic E-state index is 0.0705. The Labute approximate surface area is 181 Å². The maximum atomic E-state index is 14.5. The lowest BCUT2D eigenvalue weighted by molar-refractivity contribution is -0.0384. The van der Waals surface area contributed by atoms with E-state index < -0.39 is 17.6 Å². The monoisotopic (exact) mass is 446 g/mol. The highest BCUT2D eigenvalue weighted by Gasteiger charge is 2.37. The summed E-state index contributed by atoms with van der Waals surface area (Å²) in [7, 11) is 0. The average Bonchev–Trinajstić information content (AvgIpc) is 3.24. The first kappa shape index (κ1) is 21.4. The van der Waals surface area contributed by atoms with Crippen LogP contribution in [0, 0.1) is 5.82 Å². The quantitative estimate of drug-likeness (QED) is 0.534. The molecular weight excluding hydrogens is 425 g/mol. The van der Waals surface area contributed by atoms with Crippen LogP contribution in [0.4, 0.5) is 18.9 Å². The van der Waals surface area contributed by atoms with Gasteiger partial charge in [0.05, 0.1) is 17.1 Å². The molecule has 0 aromatic carbocycles. The highest BCUT2D eigenvalue weighted by atomic mass is 32.1. The summed E-state index contributed by atoms with van der Waals surface area (Å²) in [6.07, 6.45) is 3.63. The van der Waals surface area contributed by atoms with Gasteiger partial charge < -0.3 is 5.32 Å². The van der Waals surface area contributed by atoms with Gasteiger partial charge in [0.1, 0.15) is 16.4 Å². The molecule has 0 unspecified atom stereocenters. The topological polar surface area (TPSA) is 67.8 Å². The van der Waals surface area contributed by atoms with E-state index in [1.807, 2.05) is 6.92 Å². The molecular formula is C22H21F3N4OS. The molecule has 0 spiro atoms. The number of amides is 1. The summed E-state index contributed by atoms with van der Waals surface area (Å²) in [6, 6.07) is 6.04. The van der Waals surface area contributed by atoms with Crippen molar-refractivity contribution in [3.8, 4) is 11.3 Å². The highest BCUT2D eigenvalue weighted by molar-refractivity contribution is 7.08. The van der Waals surface area contributed by atoms with E-state index in [0.717, 1.165) is 17.2 Å². The molecule has 162 valence electrons. The van der Waals surface area contributed by atoms with E-state index in [1.165, 1.54) is 24.5 Å². The van der Waals surface area contributed by atoms with Crippen molar-refractivity contribution >= 4 is 23.1 Å². The van der Waals surface area contributed by atoms with Crippen LogP contribution in [0.3, 0.4) is 0 Å². The minimum Gasteiger partial charge on any atom is -0.319 e. The Morgan fingerprint density at radius 2 is 2.00 bits per heavy atom. The maximum absolute atomic E-state index is 14.5. The van der Waals surface area contributed by atoms with Gasteiger partial charge in [-0.25, -0.2) is 13.2 Å². The maximum Gasteiger partial charge on any atom is 0.267 e. The number of nitrogens with one attached hydrogen (secondary N) is 1. The van der Waals surface area contributed by atoms with E-state index in [0.29, 0.717) is 28.2 Å². The van der Waals surface area contributed by atoms with Gasteiger partial charge in [0.15, 0.2) is 0 Å². The lowest BCUT2D eigenvalue weighted by Crippen LogP contribution is -2.25. The zero-order valence-corrected chi connectivity index (χ0v) is 17.7. The molecule has 0 radical (unpaired) electrons. The largest absolute Gasteiger partial charge is 0.319 e. The van der Waals surface area contributed by atoms with Gasteiger partial charge in [0.2, 0.25) is 5.92 Å². The Kier molecular flexibility index (Phi) is 6.04. The predicted octanol–water partition coefficient (Wildman–Crippen LogP) is 5.85. The molecule has 3 aromatic heterocycles. The third-order valence-electron chi connectivity index (χ3n) is 5.48. The fourth-order valence-corrected chi connectivity index (χ4v) is 4.49. The van der Waals surface area contributed by atoms with Gasteiger partial charge in [0, 0.05) is 36.7 Å². The number of nitrogens with zero attached hydrogens (tertiary/aromatic N) is 3. The van der Waals surface area contributed by atoms with Gasteiger partial charge in [-0.15, -0.1) is 0 Å². The summed E-state index contributed by atoms with van der Waals surface area (Å²) in [5, 5.41) is 2.85. The number of rotatable bonds is 5. The van der Waals surface area contributed by atoms with Gasteiger partial charge in [-0.05, 0) is 55.1 Å². The molecule has 3 aromatic rings. The number of aryl methyl sites for hydroxylation is 1. The molecule has 1 saturated carbocycles. The van der Waals surface area contributed by atoms with Crippen molar-refractivity contribution in [2.75, 3.05) is 5.32 Å². The molecule has 1 N–H and O–H groups in total. The highest BCUT2D eigenvalue weighted by Crippen LogP contribution is 2.44. The van der Waals surface area contributed by atoms with Crippen molar-refractivity contribution in [2.24, 2.45) is 0 Å². The van der Waals surface area contributed by atoms with Crippen molar-refractivity contribution in [1.29, 1.82) is 0 Å². The summed E-state index contributed by atoms with van der Waals surface area (Å²) in [5.41, 5.74) is 2.03. The van der Waals surface area contributed by atoms with Gasteiger partial charge >= 0.3 is 0 Å². The van der Waals surface area contributed by atoms with Crippen LogP contribution in [-0.4, -0.2) is 26.2 Å². The minimum atomic E-state index is -2.69. The molecule has 1 amide bonds. The first-order chi connectivity index (χ1) is 14.9. The predicted molar refractivity (Wildman–Crippen MR) is 113 cm³/mol. The third kappa shape index (κ3) is 4.61. The standard InChI is InChI=1S/C22H21F3N4OS/c1-2-14-12-17(31-29-14)21(30)28-20-15(19-16(23)4-3-10-26-19)7-11-27-18(20)13-5-8-22(24,25)9-6-13/h3-4,7,10-13H,2,5-6,8-9H2,1H3,(H,28,30). The molecule has 31 heavy (non-hydrogen) atoms. The Hall–Kier alpha value is -2.81. The van der Waals surface area contributed by atoms with Gasteiger partial charge in [0.25, 0.3) is 5.91 Å². The number of carbonyl (C=O) groups excluding carboxylic acids is 1. The fourth-order valence-electron chi connectivity index (χ4n) is 3.77. The first-order valence-corrected chi connectivity index (χ1v) is 10.9. The fraction of sp³-hybridized carbons (Fsp3) is 0.364. The van der Waals surface area contributed by atoms with Gasteiger partial charge in [-0.1, -0.05) is 6.92 Å². The van der Waals surface area contributed by atoms with Crippen LogP contribution in [0.5, 0.6) is 0 Å². The number of hydrogen-bond donors (Lipinski definition) is 1. The number of hydrogen-bond acceptors (Lipinski definition) is 5. The molecule has 9 heteroatoms. The lowest BCUT2D eigenvalue weighted by Gasteiger charge is -2.29. The van der Waals surface area contributed by atoms with Crippen LogP contribution in [0.15, 0.2) is 36.7 Å². The van der Waals surface area contributed by atoms with Gasteiger partial charge in [-0.3, -0.25) is 14.8 Å². The van der Waals surface area contributed by atoms with E-state index in [2.05, 4.69) is 19.7 Å². The molecule has 4 rings (SSSR count). The van der Waals surface area contributed by atoms with Crippen LogP contribution < -0.4 is 5.32 Å². The number of halogens is 3. The number of anilines is 1. The molecule has 1 aliphatic carbocycles. The third-order valence-corrected chi connectivity index (χ3v) is 6.31. The first-order valence-electron chi connectivity index (χ1n) is 10.1. The lowest BCUT2D eigenvalue weighted by atomic mass is 9.83. The Morgan fingerprint density at radius 3 is 2.68 bits per heavy atom. The smallest absolute Gasteiger partial charge is 0.267 e. The normalized spacial score (nSPS) is 16.3. The second-order valence-corrected chi connectivity index (χ2v) is 8.38. The van der Waals surface area contributed by atoms with Crippen molar-refractivity contribution in [1.82, 2.24) is 14.3 Å². The van der Waals surface area contributed by atoms with Crippen LogP contribution in [0.25, 0.3) is 11.3 Å². The van der Waals surface area contributed by atoms with Crippen molar-refractivity contribution in [2.45, 2.75) is 50.9 Å². The molecule has 0 saturated heterocycles. The van der Waals surface area contributed by atoms with Crippen LogP contribution in [-0.2, 0) is 6.42 Å². The average molecular weight is 446 g/mol. The van der Waals surface area contributed by atoms with Crippen molar-refractivity contribution < 1.29 is 18.0 Å². The summed E-state index contributed by atoms with van der Waals surface area (Å²) in [4.78, 5) is 21.9. The molecule has 0 aliphatic heterocycles. The van der Waals surface area contributed by atoms with Gasteiger partial charge in [-0.2, -0.15) is 4.37 Å². The van der Waals surface area contributed by atoms with Crippen LogP contribution in [0.1, 0.15) is 59.6 Å². The molecule has 3 heterocycles. The van der Waals surface area contributed by atoms with E-state index in [1.54, 1.807) is 12.1 Å². The zero-order valence-electron chi connectivity index (χ0n) is 16.9. The van der Waals surface area contributed by atoms with E-state index in [4.69, 9.17) is 0 Å². The summed E-state index contributed by atoms with van der Waals surface area (Å²) >= 11 is 1.08.